The van der Waals surface area contributed by atoms with Crippen LogP contribution in [-0.4, -0.2) is 59.7 Å². The topological polar surface area (TPSA) is 58.7 Å². The van der Waals surface area contributed by atoms with Crippen molar-refractivity contribution in [3.8, 4) is 0 Å². The Bertz CT molecular complexity index is 332. The van der Waals surface area contributed by atoms with Crippen LogP contribution in [-0.2, 0) is 4.74 Å². The Balaban J connectivity index is 2.82. The summed E-state index contributed by atoms with van der Waals surface area (Å²) in [6.45, 7) is 6.14. The predicted octanol–water partition coefficient (Wildman–Crippen LogP) is 1.37. The van der Waals surface area contributed by atoms with E-state index in [1.807, 2.05) is 27.7 Å². The molecule has 1 heterocycles. The number of halogens is 3. The third kappa shape index (κ3) is 4.31. The minimum atomic E-state index is -4.29. The smallest absolute Gasteiger partial charge is 0.395 e. The highest BCUT2D eigenvalue weighted by Gasteiger charge is 2.52. The van der Waals surface area contributed by atoms with Crippen molar-refractivity contribution >= 4 is 0 Å². The van der Waals surface area contributed by atoms with E-state index < -0.39 is 23.9 Å². The number of hydrogen-bond acceptors (Lipinski definition) is 4. The summed E-state index contributed by atoms with van der Waals surface area (Å²) in [5.74, 6) is -0.230. The van der Waals surface area contributed by atoms with Gasteiger partial charge in [-0.25, -0.2) is 0 Å². The number of nitrogens with two attached hydrogens (primary N) is 1. The molecule has 7 heteroatoms. The zero-order valence-corrected chi connectivity index (χ0v) is 12.5. The third-order valence-electron chi connectivity index (χ3n) is 3.93. The number of aliphatic hydroxyl groups excluding tert-OH is 1. The zero-order valence-electron chi connectivity index (χ0n) is 12.5. The minimum absolute atomic E-state index is 0.0285. The number of hydrogen-bond donors (Lipinski definition) is 2. The van der Waals surface area contributed by atoms with Gasteiger partial charge in [0.2, 0.25) is 0 Å². The lowest BCUT2D eigenvalue weighted by molar-refractivity contribution is -0.150. The van der Waals surface area contributed by atoms with Crippen LogP contribution in [0.15, 0.2) is 0 Å². The molecule has 0 aromatic heterocycles. The average molecular weight is 298 g/mol. The summed E-state index contributed by atoms with van der Waals surface area (Å²) in [4.78, 5) is 1.19. The Kier molecular flexibility index (Phi) is 5.12. The quantitative estimate of drug-likeness (QED) is 0.805. The second-order valence-electron chi connectivity index (χ2n) is 6.52. The molecule has 0 aromatic carbocycles. The molecule has 4 nitrogen and oxygen atoms in total. The third-order valence-corrected chi connectivity index (χ3v) is 3.93. The molecule has 1 rings (SSSR count). The van der Waals surface area contributed by atoms with E-state index in [-0.39, 0.29) is 31.7 Å². The van der Waals surface area contributed by atoms with Gasteiger partial charge in [0.05, 0.1) is 24.4 Å². The first kappa shape index (κ1) is 17.7. The molecule has 0 aromatic rings. The molecule has 2 unspecified atom stereocenters. The lowest BCUT2D eigenvalue weighted by Gasteiger charge is -2.33. The molecule has 0 saturated carbocycles. The van der Waals surface area contributed by atoms with Gasteiger partial charge >= 0.3 is 6.18 Å². The Morgan fingerprint density at radius 2 is 1.75 bits per heavy atom. The van der Waals surface area contributed by atoms with Crippen LogP contribution < -0.4 is 5.73 Å². The van der Waals surface area contributed by atoms with Crippen LogP contribution in [0.1, 0.15) is 27.7 Å². The molecule has 2 atom stereocenters. The first-order valence-electron chi connectivity index (χ1n) is 6.75. The van der Waals surface area contributed by atoms with Crippen LogP contribution in [0.5, 0.6) is 0 Å². The summed E-state index contributed by atoms with van der Waals surface area (Å²) < 4.78 is 43.6. The summed E-state index contributed by atoms with van der Waals surface area (Å²) in [6.07, 6.45) is -4.29. The Morgan fingerprint density at radius 1 is 1.20 bits per heavy atom. The number of aliphatic hydroxyl groups is 1. The molecule has 0 amide bonds. The number of ether oxygens (including phenoxy) is 1. The first-order valence-corrected chi connectivity index (χ1v) is 6.75. The highest BCUT2D eigenvalue weighted by molar-refractivity contribution is 5.04. The van der Waals surface area contributed by atoms with Gasteiger partial charge in [-0.15, -0.1) is 0 Å². The van der Waals surface area contributed by atoms with Gasteiger partial charge < -0.3 is 15.6 Å². The van der Waals surface area contributed by atoms with Crippen molar-refractivity contribution in [2.45, 2.75) is 51.1 Å². The van der Waals surface area contributed by atoms with Crippen molar-refractivity contribution in [2.75, 3.05) is 26.2 Å². The molecule has 1 aliphatic rings. The van der Waals surface area contributed by atoms with Gasteiger partial charge in [0, 0.05) is 25.0 Å². The van der Waals surface area contributed by atoms with E-state index in [4.69, 9.17) is 15.6 Å². The Morgan fingerprint density at radius 3 is 2.10 bits per heavy atom. The number of rotatable bonds is 5. The normalized spacial score (nSPS) is 29.1. The van der Waals surface area contributed by atoms with Crippen LogP contribution >= 0.6 is 0 Å². The van der Waals surface area contributed by atoms with Crippen LogP contribution in [0.3, 0.4) is 0 Å². The van der Waals surface area contributed by atoms with E-state index in [0.717, 1.165) is 0 Å². The summed E-state index contributed by atoms with van der Waals surface area (Å²) in [6, 6.07) is -0.355. The molecule has 3 N–H and O–H groups in total. The Hall–Kier alpha value is -0.370. The maximum atomic E-state index is 12.6. The van der Waals surface area contributed by atoms with Crippen molar-refractivity contribution in [1.82, 2.24) is 4.90 Å². The molecule has 0 aliphatic carbocycles. The van der Waals surface area contributed by atoms with Crippen molar-refractivity contribution < 1.29 is 23.0 Å². The van der Waals surface area contributed by atoms with Gasteiger partial charge in [-0.05, 0) is 27.7 Å². The highest BCUT2D eigenvalue weighted by Crippen LogP contribution is 2.41. The van der Waals surface area contributed by atoms with Crippen LogP contribution in [0.2, 0.25) is 0 Å². The van der Waals surface area contributed by atoms with Gasteiger partial charge in [0.15, 0.2) is 0 Å². The predicted molar refractivity (Wildman–Crippen MR) is 70.3 cm³/mol. The van der Waals surface area contributed by atoms with Gasteiger partial charge in [-0.3, -0.25) is 4.90 Å². The molecular weight excluding hydrogens is 273 g/mol. The molecule has 120 valence electrons. The summed E-state index contributed by atoms with van der Waals surface area (Å²) in [7, 11) is 0. The number of alkyl halides is 3. The lowest BCUT2D eigenvalue weighted by atomic mass is 9.82. The Labute approximate surface area is 118 Å². The molecule has 0 bridgehead atoms. The van der Waals surface area contributed by atoms with Crippen LogP contribution in [0, 0.1) is 5.92 Å². The lowest BCUT2D eigenvalue weighted by Crippen LogP contribution is -2.50. The van der Waals surface area contributed by atoms with Crippen molar-refractivity contribution in [3.63, 3.8) is 0 Å². The van der Waals surface area contributed by atoms with Gasteiger partial charge in [0.25, 0.3) is 0 Å². The maximum absolute atomic E-state index is 12.6. The van der Waals surface area contributed by atoms with E-state index in [2.05, 4.69) is 0 Å². The largest absolute Gasteiger partial charge is 0.401 e. The number of nitrogens with zero attached hydrogens (tertiary/aromatic N) is 1. The van der Waals surface area contributed by atoms with E-state index >= 15 is 0 Å². The standard InChI is InChI=1S/C13H25F3N2O2/c1-11(2)9(10(17)12(3,4)20-11)7-18(5-6-19)8-13(14,15)16/h9-10,19H,5-8,17H2,1-4H3. The summed E-state index contributed by atoms with van der Waals surface area (Å²) >= 11 is 0. The zero-order chi connectivity index (χ0) is 15.8. The van der Waals surface area contributed by atoms with Crippen molar-refractivity contribution in [1.29, 1.82) is 0 Å². The fourth-order valence-corrected chi connectivity index (χ4v) is 2.98. The summed E-state index contributed by atoms with van der Waals surface area (Å²) in [5, 5.41) is 8.93. The van der Waals surface area contributed by atoms with E-state index in [9.17, 15) is 13.2 Å². The molecule has 1 fully saturated rings. The second kappa shape index (κ2) is 5.79. The van der Waals surface area contributed by atoms with Crippen LogP contribution in [0.25, 0.3) is 0 Å². The summed E-state index contributed by atoms with van der Waals surface area (Å²) in [5.41, 5.74) is 4.98. The van der Waals surface area contributed by atoms with Crippen molar-refractivity contribution in [2.24, 2.45) is 11.7 Å². The van der Waals surface area contributed by atoms with Gasteiger partial charge in [-0.2, -0.15) is 13.2 Å². The molecule has 0 spiro atoms. The highest BCUT2D eigenvalue weighted by atomic mass is 19.4. The van der Waals surface area contributed by atoms with Gasteiger partial charge in [0.1, 0.15) is 0 Å². The van der Waals surface area contributed by atoms with E-state index in [0.29, 0.717) is 0 Å². The first-order chi connectivity index (χ1) is 8.89. The van der Waals surface area contributed by atoms with Gasteiger partial charge in [-0.1, -0.05) is 0 Å². The average Bonchev–Trinajstić information content (AvgIpc) is 2.34. The fourth-order valence-electron chi connectivity index (χ4n) is 2.98. The van der Waals surface area contributed by atoms with Crippen LogP contribution in [0.4, 0.5) is 13.2 Å². The molecule has 1 aliphatic heterocycles. The fraction of sp³-hybridized carbons (Fsp3) is 1.00. The molecule has 20 heavy (non-hydrogen) atoms. The monoisotopic (exact) mass is 298 g/mol. The SMILES string of the molecule is CC1(C)OC(C)(C)C(CN(CCO)CC(F)(F)F)C1N. The molecular formula is C13H25F3N2O2. The maximum Gasteiger partial charge on any atom is 0.401 e. The van der Waals surface area contributed by atoms with E-state index in [1.54, 1.807) is 0 Å². The molecule has 0 radical (unpaired) electrons. The second-order valence-corrected chi connectivity index (χ2v) is 6.52. The van der Waals surface area contributed by atoms with E-state index in [1.165, 1.54) is 4.90 Å². The van der Waals surface area contributed by atoms with Crippen molar-refractivity contribution in [3.05, 3.63) is 0 Å². The molecule has 1 saturated heterocycles. The minimum Gasteiger partial charge on any atom is -0.395 e.